The molecule has 1 unspecified atom stereocenters. The van der Waals surface area contributed by atoms with Gasteiger partial charge in [-0.2, -0.15) is 0 Å². The van der Waals surface area contributed by atoms with Crippen molar-refractivity contribution >= 4 is 5.97 Å². The predicted octanol–water partition coefficient (Wildman–Crippen LogP) is 1.20. The van der Waals surface area contributed by atoms with Gasteiger partial charge in [0.2, 0.25) is 0 Å². The topological polar surface area (TPSA) is 47.6 Å². The van der Waals surface area contributed by atoms with Crippen molar-refractivity contribution in [1.82, 2.24) is 5.32 Å². The van der Waals surface area contributed by atoms with E-state index in [0.29, 0.717) is 25.0 Å². The molecule has 0 aromatic rings. The van der Waals surface area contributed by atoms with Crippen molar-refractivity contribution in [2.75, 3.05) is 27.4 Å². The number of carbonyl (C=O) groups is 1. The van der Waals surface area contributed by atoms with Crippen LogP contribution in [-0.4, -0.2) is 38.9 Å². The van der Waals surface area contributed by atoms with Crippen molar-refractivity contribution in [3.8, 4) is 0 Å². The zero-order valence-electron chi connectivity index (χ0n) is 10.7. The lowest BCUT2D eigenvalue weighted by Crippen LogP contribution is -2.56. The van der Waals surface area contributed by atoms with Gasteiger partial charge in [0, 0.05) is 6.61 Å². The van der Waals surface area contributed by atoms with Crippen molar-refractivity contribution in [2.24, 2.45) is 11.8 Å². The van der Waals surface area contributed by atoms with Crippen LogP contribution in [0.2, 0.25) is 0 Å². The molecule has 0 amide bonds. The molecule has 0 aromatic heterocycles. The maximum absolute atomic E-state index is 11.9. The highest BCUT2D eigenvalue weighted by molar-refractivity contribution is 5.82. The lowest BCUT2D eigenvalue weighted by Gasteiger charge is -2.30. The number of hydrogen-bond acceptors (Lipinski definition) is 4. The first-order chi connectivity index (χ1) is 7.56. The minimum Gasteiger partial charge on any atom is -0.468 e. The fraction of sp³-hybridized carbons (Fsp3) is 0.917. The van der Waals surface area contributed by atoms with E-state index in [9.17, 15) is 4.79 Å². The number of likely N-dealkylation sites (N-methyl/N-ethyl adjacent to an activating group) is 1. The molecule has 4 nitrogen and oxygen atoms in total. The number of nitrogens with one attached hydrogen (secondary N) is 1. The third-order valence-electron chi connectivity index (χ3n) is 3.05. The Hall–Kier alpha value is -0.610. The summed E-state index contributed by atoms with van der Waals surface area (Å²) in [7, 11) is 3.23. The number of rotatable bonds is 7. The van der Waals surface area contributed by atoms with Crippen LogP contribution < -0.4 is 5.32 Å². The maximum atomic E-state index is 11.9. The number of carbonyl (C=O) groups excluding carboxylic acids is 1. The van der Waals surface area contributed by atoms with Crippen molar-refractivity contribution < 1.29 is 14.3 Å². The number of hydrogen-bond donors (Lipinski definition) is 1. The summed E-state index contributed by atoms with van der Waals surface area (Å²) in [6.45, 7) is 5.26. The van der Waals surface area contributed by atoms with E-state index in [-0.39, 0.29) is 5.97 Å². The third-order valence-corrected chi connectivity index (χ3v) is 3.05. The average molecular weight is 229 g/mol. The Morgan fingerprint density at radius 1 is 1.50 bits per heavy atom. The minimum atomic E-state index is -0.635. The summed E-state index contributed by atoms with van der Waals surface area (Å²) in [5.74, 6) is 0.629. The highest BCUT2D eigenvalue weighted by atomic mass is 16.5. The second-order valence-corrected chi connectivity index (χ2v) is 4.90. The van der Waals surface area contributed by atoms with E-state index in [2.05, 4.69) is 19.2 Å². The molecule has 1 atom stereocenters. The summed E-state index contributed by atoms with van der Waals surface area (Å²) in [6.07, 6.45) is 2.14. The molecule has 0 aromatic carbocycles. The summed E-state index contributed by atoms with van der Waals surface area (Å²) in [5.41, 5.74) is -0.635. The maximum Gasteiger partial charge on any atom is 0.328 e. The summed E-state index contributed by atoms with van der Waals surface area (Å²) in [5, 5.41) is 3.10. The number of esters is 1. The largest absolute Gasteiger partial charge is 0.468 e. The average Bonchev–Trinajstić information content (AvgIpc) is 3.07. The molecule has 0 heterocycles. The van der Waals surface area contributed by atoms with E-state index in [4.69, 9.17) is 9.47 Å². The summed E-state index contributed by atoms with van der Waals surface area (Å²) in [4.78, 5) is 11.9. The summed E-state index contributed by atoms with van der Waals surface area (Å²) >= 11 is 0. The van der Waals surface area contributed by atoms with Crippen LogP contribution in [0, 0.1) is 11.8 Å². The fourth-order valence-corrected chi connectivity index (χ4v) is 1.94. The molecule has 1 N–H and O–H groups in total. The Labute approximate surface area is 97.7 Å². The molecule has 1 saturated carbocycles. The molecule has 1 aliphatic rings. The van der Waals surface area contributed by atoms with Crippen molar-refractivity contribution in [3.05, 3.63) is 0 Å². The highest BCUT2D eigenvalue weighted by Gasteiger charge is 2.51. The SMILES string of the molecule is CNC(COCC(C)C)(C(=O)OC)C1CC1. The molecule has 0 saturated heterocycles. The van der Waals surface area contributed by atoms with E-state index in [1.165, 1.54) is 7.11 Å². The molecule has 0 spiro atoms. The van der Waals surface area contributed by atoms with E-state index in [1.54, 1.807) is 7.05 Å². The van der Waals surface area contributed by atoms with Crippen LogP contribution in [-0.2, 0) is 14.3 Å². The van der Waals surface area contributed by atoms with E-state index >= 15 is 0 Å². The standard InChI is InChI=1S/C12H23NO3/c1-9(2)7-16-8-12(13-3,10-5-6-10)11(14)15-4/h9-10,13H,5-8H2,1-4H3. The van der Waals surface area contributed by atoms with E-state index in [0.717, 1.165) is 12.8 Å². The zero-order chi connectivity index (χ0) is 12.2. The molecular weight excluding hydrogens is 206 g/mol. The van der Waals surface area contributed by atoms with E-state index < -0.39 is 5.54 Å². The second kappa shape index (κ2) is 5.64. The molecule has 1 aliphatic carbocycles. The smallest absolute Gasteiger partial charge is 0.328 e. The lowest BCUT2D eigenvalue weighted by molar-refractivity contribution is -0.153. The minimum absolute atomic E-state index is 0.207. The monoisotopic (exact) mass is 229 g/mol. The van der Waals surface area contributed by atoms with Gasteiger partial charge in [-0.1, -0.05) is 13.8 Å². The van der Waals surface area contributed by atoms with Crippen molar-refractivity contribution in [3.63, 3.8) is 0 Å². The Balaban J connectivity index is 2.58. The fourth-order valence-electron chi connectivity index (χ4n) is 1.94. The molecule has 0 aliphatic heterocycles. The van der Waals surface area contributed by atoms with Gasteiger partial charge in [-0.25, -0.2) is 4.79 Å². The third kappa shape index (κ3) is 2.95. The number of methoxy groups -OCH3 is 1. The molecule has 0 bridgehead atoms. The summed E-state index contributed by atoms with van der Waals surface area (Å²) < 4.78 is 10.5. The van der Waals surface area contributed by atoms with Crippen LogP contribution in [0.1, 0.15) is 26.7 Å². The van der Waals surface area contributed by atoms with Crippen molar-refractivity contribution in [2.45, 2.75) is 32.2 Å². The van der Waals surface area contributed by atoms with Crippen LogP contribution in [0.5, 0.6) is 0 Å². The first-order valence-corrected chi connectivity index (χ1v) is 5.92. The Bertz CT molecular complexity index is 238. The zero-order valence-corrected chi connectivity index (χ0v) is 10.7. The predicted molar refractivity (Wildman–Crippen MR) is 62.2 cm³/mol. The van der Waals surface area contributed by atoms with Gasteiger partial charge < -0.3 is 14.8 Å². The Kier molecular flexibility index (Phi) is 4.74. The molecule has 94 valence electrons. The molecule has 16 heavy (non-hydrogen) atoms. The second-order valence-electron chi connectivity index (χ2n) is 4.90. The normalized spacial score (nSPS) is 19.6. The van der Waals surface area contributed by atoms with Gasteiger partial charge in [-0.05, 0) is 31.7 Å². The van der Waals surface area contributed by atoms with E-state index in [1.807, 2.05) is 0 Å². The molecule has 1 fully saturated rings. The van der Waals surface area contributed by atoms with Crippen LogP contribution in [0.25, 0.3) is 0 Å². The van der Waals surface area contributed by atoms with Crippen LogP contribution in [0.15, 0.2) is 0 Å². The number of ether oxygens (including phenoxy) is 2. The van der Waals surface area contributed by atoms with Gasteiger partial charge in [0.05, 0.1) is 13.7 Å². The van der Waals surface area contributed by atoms with Gasteiger partial charge in [0.1, 0.15) is 5.54 Å². The summed E-state index contributed by atoms with van der Waals surface area (Å²) in [6, 6.07) is 0. The lowest BCUT2D eigenvalue weighted by atomic mass is 9.94. The van der Waals surface area contributed by atoms with Gasteiger partial charge >= 0.3 is 5.97 Å². The Morgan fingerprint density at radius 3 is 2.50 bits per heavy atom. The van der Waals surface area contributed by atoms with Crippen LogP contribution in [0.3, 0.4) is 0 Å². The molecule has 0 radical (unpaired) electrons. The quantitative estimate of drug-likeness (QED) is 0.666. The van der Waals surface area contributed by atoms with Crippen molar-refractivity contribution in [1.29, 1.82) is 0 Å². The molecular formula is C12H23NO3. The van der Waals surface area contributed by atoms with Crippen LogP contribution in [0.4, 0.5) is 0 Å². The molecule has 1 rings (SSSR count). The first kappa shape index (κ1) is 13.5. The van der Waals surface area contributed by atoms with Crippen LogP contribution >= 0.6 is 0 Å². The van der Waals surface area contributed by atoms with Gasteiger partial charge in [0.15, 0.2) is 0 Å². The highest BCUT2D eigenvalue weighted by Crippen LogP contribution is 2.40. The molecule has 4 heteroatoms. The first-order valence-electron chi connectivity index (χ1n) is 5.92. The Morgan fingerprint density at radius 2 is 2.12 bits per heavy atom. The van der Waals surface area contributed by atoms with Gasteiger partial charge in [-0.3, -0.25) is 0 Å². The van der Waals surface area contributed by atoms with Gasteiger partial charge in [-0.15, -0.1) is 0 Å². The van der Waals surface area contributed by atoms with Gasteiger partial charge in [0.25, 0.3) is 0 Å².